The molecule has 0 aromatic heterocycles. The second kappa shape index (κ2) is 6.30. The highest BCUT2D eigenvalue weighted by molar-refractivity contribution is 7.80. The van der Waals surface area contributed by atoms with Crippen LogP contribution in [-0.2, 0) is 0 Å². The average molecular weight is 254 g/mol. The molecule has 0 saturated heterocycles. The summed E-state index contributed by atoms with van der Waals surface area (Å²) in [7, 11) is 3.23. The summed E-state index contributed by atoms with van der Waals surface area (Å²) < 4.78 is 10.4. The lowest BCUT2D eigenvalue weighted by molar-refractivity contribution is 0.395. The van der Waals surface area contributed by atoms with Crippen LogP contribution >= 0.6 is 12.2 Å². The summed E-state index contributed by atoms with van der Waals surface area (Å²) in [6.07, 6.45) is 0. The van der Waals surface area contributed by atoms with Crippen LogP contribution < -0.4 is 20.1 Å². The van der Waals surface area contributed by atoms with Gasteiger partial charge in [0, 0.05) is 12.1 Å². The third-order valence-corrected chi connectivity index (χ3v) is 2.30. The van der Waals surface area contributed by atoms with Crippen LogP contribution in [0.4, 0.5) is 5.69 Å². The molecule has 0 unspecified atom stereocenters. The Morgan fingerprint density at radius 1 is 1.24 bits per heavy atom. The molecule has 0 bridgehead atoms. The second-order valence-electron chi connectivity index (χ2n) is 3.82. The van der Waals surface area contributed by atoms with Crippen LogP contribution in [0.15, 0.2) is 18.2 Å². The third-order valence-electron chi connectivity index (χ3n) is 2.08. The van der Waals surface area contributed by atoms with Gasteiger partial charge < -0.3 is 20.1 Å². The maximum Gasteiger partial charge on any atom is 0.171 e. The van der Waals surface area contributed by atoms with Crippen molar-refractivity contribution in [3.8, 4) is 11.5 Å². The van der Waals surface area contributed by atoms with Gasteiger partial charge in [0.15, 0.2) is 5.11 Å². The van der Waals surface area contributed by atoms with Crippen molar-refractivity contribution < 1.29 is 9.47 Å². The van der Waals surface area contributed by atoms with E-state index in [0.29, 0.717) is 16.9 Å². The fraction of sp³-hybridized carbons (Fsp3) is 0.417. The Balaban J connectivity index is 2.80. The van der Waals surface area contributed by atoms with Gasteiger partial charge in [-0.1, -0.05) is 0 Å². The van der Waals surface area contributed by atoms with E-state index in [0.717, 1.165) is 11.4 Å². The van der Waals surface area contributed by atoms with Gasteiger partial charge in [-0.05, 0) is 38.2 Å². The van der Waals surface area contributed by atoms with Crippen LogP contribution in [-0.4, -0.2) is 25.4 Å². The second-order valence-corrected chi connectivity index (χ2v) is 4.23. The van der Waals surface area contributed by atoms with Gasteiger partial charge in [-0.25, -0.2) is 0 Å². The fourth-order valence-electron chi connectivity index (χ4n) is 1.32. The van der Waals surface area contributed by atoms with Crippen LogP contribution in [0, 0.1) is 0 Å². The molecule has 0 fully saturated rings. The van der Waals surface area contributed by atoms with Crippen molar-refractivity contribution in [3.63, 3.8) is 0 Å². The van der Waals surface area contributed by atoms with Gasteiger partial charge in [0.05, 0.1) is 19.9 Å². The van der Waals surface area contributed by atoms with Gasteiger partial charge in [0.2, 0.25) is 0 Å². The lowest BCUT2D eigenvalue weighted by Crippen LogP contribution is -2.33. The lowest BCUT2D eigenvalue weighted by atomic mass is 10.2. The smallest absolute Gasteiger partial charge is 0.171 e. The summed E-state index contributed by atoms with van der Waals surface area (Å²) in [6, 6.07) is 5.81. The molecule has 0 aliphatic heterocycles. The molecule has 0 spiro atoms. The Bertz CT molecular complexity index is 394. The molecule has 0 saturated carbocycles. The zero-order valence-corrected chi connectivity index (χ0v) is 11.4. The van der Waals surface area contributed by atoms with Gasteiger partial charge in [0.1, 0.15) is 11.5 Å². The molecule has 0 atom stereocenters. The Labute approximate surface area is 107 Å². The lowest BCUT2D eigenvalue weighted by Gasteiger charge is -2.15. The van der Waals surface area contributed by atoms with Crippen molar-refractivity contribution >= 4 is 23.0 Å². The highest BCUT2D eigenvalue weighted by Crippen LogP contribution is 2.28. The molecule has 0 aliphatic carbocycles. The SMILES string of the molecule is COc1ccc(NC(=S)NC(C)C)c(OC)c1. The molecule has 0 heterocycles. The number of rotatable bonds is 4. The van der Waals surface area contributed by atoms with E-state index in [9.17, 15) is 0 Å². The van der Waals surface area contributed by atoms with E-state index in [4.69, 9.17) is 21.7 Å². The number of ether oxygens (including phenoxy) is 2. The topological polar surface area (TPSA) is 42.5 Å². The minimum Gasteiger partial charge on any atom is -0.497 e. The first kappa shape index (κ1) is 13.6. The summed E-state index contributed by atoms with van der Waals surface area (Å²) in [6.45, 7) is 4.05. The molecule has 5 heteroatoms. The number of anilines is 1. The molecule has 17 heavy (non-hydrogen) atoms. The van der Waals surface area contributed by atoms with Gasteiger partial charge >= 0.3 is 0 Å². The number of hydrogen-bond donors (Lipinski definition) is 2. The third kappa shape index (κ3) is 4.11. The van der Waals surface area contributed by atoms with Gasteiger partial charge in [-0.15, -0.1) is 0 Å². The Morgan fingerprint density at radius 2 is 1.94 bits per heavy atom. The first-order valence-electron chi connectivity index (χ1n) is 5.36. The quantitative estimate of drug-likeness (QED) is 0.808. The van der Waals surface area contributed by atoms with Gasteiger partial charge in [-0.3, -0.25) is 0 Å². The molecule has 0 amide bonds. The standard InChI is InChI=1S/C12H18N2O2S/c1-8(2)13-12(17)14-10-6-5-9(15-3)7-11(10)16-4/h5-8H,1-4H3,(H2,13,14,17). The van der Waals surface area contributed by atoms with Crippen LogP contribution in [0.3, 0.4) is 0 Å². The van der Waals surface area contributed by atoms with E-state index in [1.54, 1.807) is 20.3 Å². The monoisotopic (exact) mass is 254 g/mol. The molecule has 0 aliphatic rings. The fourth-order valence-corrected chi connectivity index (χ4v) is 1.67. The minimum absolute atomic E-state index is 0.291. The van der Waals surface area contributed by atoms with Crippen molar-refractivity contribution in [1.82, 2.24) is 5.32 Å². The summed E-state index contributed by atoms with van der Waals surface area (Å²) in [5.41, 5.74) is 0.812. The zero-order chi connectivity index (χ0) is 12.8. The predicted molar refractivity (Wildman–Crippen MR) is 74.0 cm³/mol. The van der Waals surface area contributed by atoms with E-state index in [1.807, 2.05) is 26.0 Å². The van der Waals surface area contributed by atoms with E-state index >= 15 is 0 Å². The Kier molecular flexibility index (Phi) is 5.03. The first-order chi connectivity index (χ1) is 8.06. The van der Waals surface area contributed by atoms with E-state index in [1.165, 1.54) is 0 Å². The van der Waals surface area contributed by atoms with Crippen molar-refractivity contribution in [1.29, 1.82) is 0 Å². The van der Waals surface area contributed by atoms with E-state index in [-0.39, 0.29) is 0 Å². The maximum absolute atomic E-state index is 5.26. The summed E-state index contributed by atoms with van der Waals surface area (Å²) in [4.78, 5) is 0. The number of benzene rings is 1. The van der Waals surface area contributed by atoms with Crippen LogP contribution in [0.5, 0.6) is 11.5 Å². The van der Waals surface area contributed by atoms with Crippen LogP contribution in [0.1, 0.15) is 13.8 Å². The van der Waals surface area contributed by atoms with Crippen molar-refractivity contribution in [2.45, 2.75) is 19.9 Å². The molecular formula is C12H18N2O2S. The molecule has 1 aromatic carbocycles. The molecular weight excluding hydrogens is 236 g/mol. The summed E-state index contributed by atoms with van der Waals surface area (Å²) in [5.74, 6) is 1.44. The normalized spacial score (nSPS) is 9.94. The molecule has 4 nitrogen and oxygen atoms in total. The molecule has 2 N–H and O–H groups in total. The van der Waals surface area contributed by atoms with E-state index in [2.05, 4.69) is 10.6 Å². The summed E-state index contributed by atoms with van der Waals surface area (Å²) in [5, 5.41) is 6.76. The predicted octanol–water partition coefficient (Wildman–Crippen LogP) is 2.40. The number of hydrogen-bond acceptors (Lipinski definition) is 3. The Morgan fingerprint density at radius 3 is 2.47 bits per heavy atom. The highest BCUT2D eigenvalue weighted by atomic mass is 32.1. The molecule has 94 valence electrons. The minimum atomic E-state index is 0.291. The largest absolute Gasteiger partial charge is 0.497 e. The van der Waals surface area contributed by atoms with Crippen LogP contribution in [0.25, 0.3) is 0 Å². The number of methoxy groups -OCH3 is 2. The summed E-state index contributed by atoms with van der Waals surface area (Å²) >= 11 is 5.17. The van der Waals surface area contributed by atoms with Gasteiger partial charge in [-0.2, -0.15) is 0 Å². The molecule has 0 radical (unpaired) electrons. The van der Waals surface area contributed by atoms with Crippen molar-refractivity contribution in [2.75, 3.05) is 19.5 Å². The Hall–Kier alpha value is -1.49. The first-order valence-corrected chi connectivity index (χ1v) is 5.77. The number of nitrogens with one attached hydrogen (secondary N) is 2. The van der Waals surface area contributed by atoms with Crippen LogP contribution in [0.2, 0.25) is 0 Å². The molecule has 1 rings (SSSR count). The van der Waals surface area contributed by atoms with Crippen molar-refractivity contribution in [3.05, 3.63) is 18.2 Å². The highest BCUT2D eigenvalue weighted by Gasteiger charge is 2.06. The van der Waals surface area contributed by atoms with Gasteiger partial charge in [0.25, 0.3) is 0 Å². The van der Waals surface area contributed by atoms with E-state index < -0.39 is 0 Å². The number of thiocarbonyl (C=S) groups is 1. The molecule has 1 aromatic rings. The van der Waals surface area contributed by atoms with Crippen molar-refractivity contribution in [2.24, 2.45) is 0 Å². The zero-order valence-electron chi connectivity index (χ0n) is 10.5. The maximum atomic E-state index is 5.26. The average Bonchev–Trinajstić information content (AvgIpc) is 2.28.